The molecule has 0 unspecified atom stereocenters. The molecule has 0 aliphatic rings. The molecular formula is C9H10FNO. The van der Waals surface area contributed by atoms with Crippen molar-refractivity contribution < 1.29 is 9.50 Å². The largest absolute Gasteiger partial charge is 0.508 e. The van der Waals surface area contributed by atoms with Crippen molar-refractivity contribution in [1.29, 1.82) is 0 Å². The Labute approximate surface area is 70.1 Å². The zero-order valence-electron chi connectivity index (χ0n) is 6.50. The molecule has 1 aromatic rings. The Hall–Kier alpha value is -1.35. The average molecular weight is 167 g/mol. The van der Waals surface area contributed by atoms with Crippen LogP contribution in [0.4, 0.5) is 4.39 Å². The van der Waals surface area contributed by atoms with Crippen LogP contribution in [0.15, 0.2) is 30.6 Å². The van der Waals surface area contributed by atoms with Gasteiger partial charge in [-0.05, 0) is 17.7 Å². The van der Waals surface area contributed by atoms with Gasteiger partial charge in [-0.2, -0.15) is 0 Å². The molecule has 0 aromatic heterocycles. The lowest BCUT2D eigenvalue weighted by molar-refractivity contribution is 0.475. The van der Waals surface area contributed by atoms with Crippen LogP contribution in [0, 0.1) is 0 Å². The van der Waals surface area contributed by atoms with Gasteiger partial charge in [0.2, 0.25) is 0 Å². The Balaban J connectivity index is 3.02. The molecule has 0 bridgehead atoms. The van der Waals surface area contributed by atoms with Gasteiger partial charge in [0.05, 0.1) is 6.33 Å². The van der Waals surface area contributed by atoms with E-state index < -0.39 is 0 Å². The summed E-state index contributed by atoms with van der Waals surface area (Å²) in [5.74, 6) is 0.111. The van der Waals surface area contributed by atoms with E-state index in [9.17, 15) is 4.39 Å². The lowest BCUT2D eigenvalue weighted by Crippen LogP contribution is -2.01. The topological polar surface area (TPSA) is 46.2 Å². The van der Waals surface area contributed by atoms with E-state index in [-0.39, 0.29) is 12.3 Å². The monoisotopic (exact) mass is 167 g/mol. The van der Waals surface area contributed by atoms with Crippen molar-refractivity contribution in [3.63, 3.8) is 0 Å². The minimum atomic E-state index is 0.111. The molecule has 0 aliphatic carbocycles. The fraction of sp³-hybridized carbons (Fsp3) is 0.111. The first-order chi connectivity index (χ1) is 5.77. The molecule has 3 heteroatoms. The van der Waals surface area contributed by atoms with E-state index in [1.54, 1.807) is 12.1 Å². The van der Waals surface area contributed by atoms with Crippen molar-refractivity contribution in [2.24, 2.45) is 5.73 Å². The third-order valence-corrected chi connectivity index (χ3v) is 1.57. The molecule has 0 saturated carbocycles. The van der Waals surface area contributed by atoms with E-state index in [4.69, 9.17) is 10.8 Å². The van der Waals surface area contributed by atoms with Gasteiger partial charge >= 0.3 is 0 Å². The molecule has 0 saturated heterocycles. The Bertz CT molecular complexity index is 296. The third kappa shape index (κ3) is 1.83. The summed E-state index contributed by atoms with van der Waals surface area (Å²) in [6, 6.07) is 6.33. The smallest absolute Gasteiger partial charge is 0.116 e. The zero-order chi connectivity index (χ0) is 8.97. The maximum atomic E-state index is 12.2. The molecule has 0 atom stereocenters. The summed E-state index contributed by atoms with van der Waals surface area (Å²) in [6.45, 7) is 0.125. The van der Waals surface area contributed by atoms with Crippen molar-refractivity contribution in [2.75, 3.05) is 6.54 Å². The highest BCUT2D eigenvalue weighted by atomic mass is 19.1. The molecule has 2 nitrogen and oxygen atoms in total. The second-order valence-corrected chi connectivity index (χ2v) is 2.39. The summed E-state index contributed by atoms with van der Waals surface area (Å²) >= 11 is 0. The molecule has 1 rings (SSSR count). The molecule has 3 N–H and O–H groups in total. The molecule has 64 valence electrons. The molecule has 0 aliphatic heterocycles. The summed E-state index contributed by atoms with van der Waals surface area (Å²) in [5.41, 5.74) is 6.27. The number of phenols is 1. The Morgan fingerprint density at radius 1 is 1.58 bits per heavy atom. The molecule has 0 radical (unpaired) electrons. The van der Waals surface area contributed by atoms with Crippen molar-refractivity contribution >= 4 is 5.57 Å². The fourth-order valence-corrected chi connectivity index (χ4v) is 0.931. The number of aromatic hydroxyl groups is 1. The summed E-state index contributed by atoms with van der Waals surface area (Å²) in [7, 11) is 0. The minimum Gasteiger partial charge on any atom is -0.508 e. The first kappa shape index (κ1) is 8.74. The van der Waals surface area contributed by atoms with Crippen molar-refractivity contribution in [1.82, 2.24) is 0 Å². The van der Waals surface area contributed by atoms with Gasteiger partial charge in [-0.15, -0.1) is 0 Å². The quantitative estimate of drug-likeness (QED) is 0.703. The van der Waals surface area contributed by atoms with Crippen molar-refractivity contribution in [2.45, 2.75) is 0 Å². The third-order valence-electron chi connectivity index (χ3n) is 1.57. The predicted octanol–water partition coefficient (Wildman–Crippen LogP) is 1.66. The highest BCUT2D eigenvalue weighted by Crippen LogP contribution is 2.18. The highest BCUT2D eigenvalue weighted by Gasteiger charge is 1.99. The van der Waals surface area contributed by atoms with Gasteiger partial charge in [0.15, 0.2) is 0 Å². The zero-order valence-corrected chi connectivity index (χ0v) is 6.50. The van der Waals surface area contributed by atoms with Crippen molar-refractivity contribution in [3.05, 3.63) is 36.2 Å². The van der Waals surface area contributed by atoms with E-state index in [0.717, 1.165) is 0 Å². The van der Waals surface area contributed by atoms with Crippen LogP contribution >= 0.6 is 0 Å². The summed E-state index contributed by atoms with van der Waals surface area (Å²) in [6.07, 6.45) is 0.453. The van der Waals surface area contributed by atoms with Gasteiger partial charge in [-0.25, -0.2) is 4.39 Å². The summed E-state index contributed by atoms with van der Waals surface area (Å²) in [5, 5.41) is 9.06. The summed E-state index contributed by atoms with van der Waals surface area (Å²) < 4.78 is 12.2. The lowest BCUT2D eigenvalue weighted by atomic mass is 10.1. The van der Waals surface area contributed by atoms with Gasteiger partial charge in [-0.1, -0.05) is 12.1 Å². The van der Waals surface area contributed by atoms with E-state index in [0.29, 0.717) is 17.5 Å². The number of hydrogen-bond acceptors (Lipinski definition) is 2. The number of nitrogens with two attached hydrogens (primary N) is 1. The summed E-state index contributed by atoms with van der Waals surface area (Å²) in [4.78, 5) is 0. The highest BCUT2D eigenvalue weighted by molar-refractivity contribution is 5.66. The molecule has 0 amide bonds. The number of benzene rings is 1. The molecule has 1 aromatic carbocycles. The van der Waals surface area contributed by atoms with Crippen LogP contribution in [0.3, 0.4) is 0 Å². The van der Waals surface area contributed by atoms with Crippen LogP contribution in [0.5, 0.6) is 5.75 Å². The lowest BCUT2D eigenvalue weighted by Gasteiger charge is -2.02. The Morgan fingerprint density at radius 2 is 2.33 bits per heavy atom. The number of halogens is 1. The van der Waals surface area contributed by atoms with Crippen LogP contribution in [0.1, 0.15) is 5.56 Å². The van der Waals surface area contributed by atoms with Gasteiger partial charge < -0.3 is 10.8 Å². The first-order valence-corrected chi connectivity index (χ1v) is 3.56. The number of phenolic OH excluding ortho intramolecular Hbond substituents is 1. The van der Waals surface area contributed by atoms with Crippen LogP contribution in [-0.4, -0.2) is 11.7 Å². The first-order valence-electron chi connectivity index (χ1n) is 3.56. The second-order valence-electron chi connectivity index (χ2n) is 2.39. The predicted molar refractivity (Wildman–Crippen MR) is 46.2 cm³/mol. The van der Waals surface area contributed by atoms with E-state index in [1.165, 1.54) is 12.1 Å². The van der Waals surface area contributed by atoms with Crippen LogP contribution in [0.2, 0.25) is 0 Å². The van der Waals surface area contributed by atoms with Crippen LogP contribution in [-0.2, 0) is 0 Å². The molecule has 0 spiro atoms. The maximum Gasteiger partial charge on any atom is 0.116 e. The minimum absolute atomic E-state index is 0.111. The normalized spacial score (nSPS) is 11.7. The number of hydrogen-bond donors (Lipinski definition) is 2. The standard InChI is InChI=1S/C9H10FNO/c10-5-8(6-11)7-2-1-3-9(12)4-7/h1-5,12H,6,11H2/b8-5-. The average Bonchev–Trinajstić information content (AvgIpc) is 2.07. The van der Waals surface area contributed by atoms with Gasteiger partial charge in [0, 0.05) is 12.1 Å². The molecule has 12 heavy (non-hydrogen) atoms. The van der Waals surface area contributed by atoms with E-state index in [1.807, 2.05) is 0 Å². The SMILES string of the molecule is NC/C(=C/F)c1cccc(O)c1. The fourth-order valence-electron chi connectivity index (χ4n) is 0.931. The van der Waals surface area contributed by atoms with Crippen LogP contribution in [0.25, 0.3) is 5.57 Å². The van der Waals surface area contributed by atoms with Gasteiger partial charge in [0.25, 0.3) is 0 Å². The van der Waals surface area contributed by atoms with Crippen molar-refractivity contribution in [3.8, 4) is 5.75 Å². The number of rotatable bonds is 2. The Kier molecular flexibility index (Phi) is 2.82. The molecule has 0 heterocycles. The van der Waals surface area contributed by atoms with E-state index in [2.05, 4.69) is 0 Å². The van der Waals surface area contributed by atoms with Gasteiger partial charge in [0.1, 0.15) is 5.75 Å². The maximum absolute atomic E-state index is 12.2. The van der Waals surface area contributed by atoms with Gasteiger partial charge in [-0.3, -0.25) is 0 Å². The Morgan fingerprint density at radius 3 is 2.83 bits per heavy atom. The van der Waals surface area contributed by atoms with Crippen LogP contribution < -0.4 is 5.73 Å². The molecular weight excluding hydrogens is 157 g/mol. The second kappa shape index (κ2) is 3.88. The van der Waals surface area contributed by atoms with E-state index >= 15 is 0 Å². The molecule has 0 fully saturated rings.